The normalized spacial score (nSPS) is 23.8. The zero-order chi connectivity index (χ0) is 17.3. The lowest BCUT2D eigenvalue weighted by atomic mass is 9.76. The smallest absolute Gasteiger partial charge is 0.325 e. The molecule has 0 aromatic heterocycles. The van der Waals surface area contributed by atoms with Gasteiger partial charge >= 0.3 is 6.03 Å². The van der Waals surface area contributed by atoms with Crippen molar-refractivity contribution < 1.29 is 14.4 Å². The van der Waals surface area contributed by atoms with Gasteiger partial charge in [0.15, 0.2) is 0 Å². The van der Waals surface area contributed by atoms with E-state index < -0.39 is 11.6 Å². The molecule has 1 aliphatic heterocycles. The number of benzene rings is 1. The second-order valence-corrected chi connectivity index (χ2v) is 6.61. The maximum atomic E-state index is 13.0. The highest BCUT2D eigenvalue weighted by Gasteiger charge is 2.54. The molecule has 1 heterocycles. The molecule has 3 rings (SSSR count). The van der Waals surface area contributed by atoms with Crippen molar-refractivity contribution >= 4 is 17.8 Å². The second-order valence-electron chi connectivity index (χ2n) is 6.61. The largest absolute Gasteiger partial charge is 0.352 e. The third-order valence-electron chi connectivity index (χ3n) is 4.97. The predicted molar refractivity (Wildman–Crippen MR) is 89.2 cm³/mol. The van der Waals surface area contributed by atoms with E-state index in [9.17, 15) is 14.4 Å². The Bertz CT molecular complexity index is 688. The molecule has 1 aromatic rings. The van der Waals surface area contributed by atoms with Crippen LogP contribution in [0, 0.1) is 0 Å². The van der Waals surface area contributed by atoms with E-state index in [0.29, 0.717) is 6.42 Å². The maximum Gasteiger partial charge on any atom is 0.325 e. The van der Waals surface area contributed by atoms with E-state index in [1.807, 2.05) is 38.1 Å². The summed E-state index contributed by atoms with van der Waals surface area (Å²) in [5.74, 6) is -0.632. The van der Waals surface area contributed by atoms with Crippen LogP contribution in [0.4, 0.5) is 4.79 Å². The van der Waals surface area contributed by atoms with E-state index in [4.69, 9.17) is 0 Å². The Kier molecular flexibility index (Phi) is 4.30. The van der Waals surface area contributed by atoms with Crippen LogP contribution in [0.15, 0.2) is 24.3 Å². The number of nitrogens with one attached hydrogen (secondary N) is 2. The van der Waals surface area contributed by atoms with E-state index in [2.05, 4.69) is 10.6 Å². The molecule has 0 bridgehead atoms. The van der Waals surface area contributed by atoms with Crippen molar-refractivity contribution in [1.82, 2.24) is 15.5 Å². The molecule has 2 aliphatic rings. The zero-order valence-corrected chi connectivity index (χ0v) is 14.1. The number of amides is 4. The number of imide groups is 1. The van der Waals surface area contributed by atoms with Crippen molar-refractivity contribution in [2.24, 2.45) is 0 Å². The van der Waals surface area contributed by atoms with Crippen LogP contribution in [-0.2, 0) is 21.5 Å². The molecule has 1 aliphatic carbocycles. The van der Waals surface area contributed by atoms with E-state index in [-0.39, 0.29) is 24.4 Å². The van der Waals surface area contributed by atoms with Crippen LogP contribution in [0.3, 0.4) is 0 Å². The number of hydrogen-bond acceptors (Lipinski definition) is 3. The SMILES string of the molecule is CC[C@H](C)NC(=O)CN1C(=O)N[C@]2(CCCc3ccccc32)C1=O. The minimum absolute atomic E-state index is 0.0163. The minimum atomic E-state index is -1.01. The fourth-order valence-electron chi connectivity index (χ4n) is 3.52. The summed E-state index contributed by atoms with van der Waals surface area (Å²) in [6, 6.07) is 7.24. The van der Waals surface area contributed by atoms with Gasteiger partial charge in [-0.25, -0.2) is 4.79 Å². The average molecular weight is 329 g/mol. The summed E-state index contributed by atoms with van der Waals surface area (Å²) in [5, 5.41) is 5.65. The maximum absolute atomic E-state index is 13.0. The molecular formula is C18H23N3O3. The summed E-state index contributed by atoms with van der Waals surface area (Å²) in [5.41, 5.74) is 0.936. The van der Waals surface area contributed by atoms with Gasteiger partial charge < -0.3 is 10.6 Å². The predicted octanol–water partition coefficient (Wildman–Crippen LogP) is 1.68. The van der Waals surface area contributed by atoms with Crippen LogP contribution >= 0.6 is 0 Å². The van der Waals surface area contributed by atoms with Crippen LogP contribution in [0.5, 0.6) is 0 Å². The molecule has 2 N–H and O–H groups in total. The number of carbonyl (C=O) groups is 3. The number of fused-ring (bicyclic) bond motifs is 2. The molecule has 2 atom stereocenters. The van der Waals surface area contributed by atoms with Crippen molar-refractivity contribution in [1.29, 1.82) is 0 Å². The summed E-state index contributed by atoms with van der Waals surface area (Å²) < 4.78 is 0. The van der Waals surface area contributed by atoms with Gasteiger partial charge in [0, 0.05) is 6.04 Å². The molecule has 128 valence electrons. The number of rotatable bonds is 4. The van der Waals surface area contributed by atoms with Crippen LogP contribution in [0.2, 0.25) is 0 Å². The standard InChI is InChI=1S/C18H23N3O3/c1-3-12(2)19-15(22)11-21-16(23)18(20-17(21)24)10-6-8-13-7-4-5-9-14(13)18/h4-5,7,9,12H,3,6,8,10-11H2,1-2H3,(H,19,22)(H,20,24)/t12-,18-/m0/s1. The Morgan fingerprint density at radius 1 is 1.38 bits per heavy atom. The number of hydrogen-bond donors (Lipinski definition) is 2. The third-order valence-corrected chi connectivity index (χ3v) is 4.97. The first-order valence-electron chi connectivity index (χ1n) is 8.50. The zero-order valence-electron chi connectivity index (χ0n) is 14.1. The van der Waals surface area contributed by atoms with Gasteiger partial charge in [-0.1, -0.05) is 31.2 Å². The molecule has 1 saturated heterocycles. The first-order chi connectivity index (χ1) is 11.5. The van der Waals surface area contributed by atoms with Crippen molar-refractivity contribution in [3.8, 4) is 0 Å². The van der Waals surface area contributed by atoms with Gasteiger partial charge in [0.2, 0.25) is 5.91 Å². The minimum Gasteiger partial charge on any atom is -0.352 e. The lowest BCUT2D eigenvalue weighted by molar-refractivity contribution is -0.135. The first kappa shape index (κ1) is 16.5. The fourth-order valence-corrected chi connectivity index (χ4v) is 3.52. The van der Waals surface area contributed by atoms with Gasteiger partial charge in [0.25, 0.3) is 5.91 Å². The molecule has 0 unspecified atom stereocenters. The Hall–Kier alpha value is -2.37. The molecule has 0 saturated carbocycles. The number of aryl methyl sites for hydroxylation is 1. The van der Waals surface area contributed by atoms with Crippen molar-refractivity contribution in [3.63, 3.8) is 0 Å². The molecule has 24 heavy (non-hydrogen) atoms. The van der Waals surface area contributed by atoms with E-state index >= 15 is 0 Å². The molecular weight excluding hydrogens is 306 g/mol. The second kappa shape index (κ2) is 6.26. The Morgan fingerprint density at radius 3 is 2.88 bits per heavy atom. The quantitative estimate of drug-likeness (QED) is 0.825. The topological polar surface area (TPSA) is 78.5 Å². The summed E-state index contributed by atoms with van der Waals surface area (Å²) in [6.45, 7) is 3.62. The van der Waals surface area contributed by atoms with Crippen molar-refractivity contribution in [3.05, 3.63) is 35.4 Å². The third kappa shape index (κ3) is 2.66. The molecule has 6 heteroatoms. The lowest BCUT2D eigenvalue weighted by Gasteiger charge is -2.33. The number of carbonyl (C=O) groups excluding carboxylic acids is 3. The molecule has 6 nitrogen and oxygen atoms in total. The summed E-state index contributed by atoms with van der Waals surface area (Å²) >= 11 is 0. The Balaban J connectivity index is 1.84. The molecule has 4 amide bonds. The van der Waals surface area contributed by atoms with Crippen LogP contribution in [-0.4, -0.2) is 35.3 Å². The summed E-state index contributed by atoms with van der Waals surface area (Å²) in [7, 11) is 0. The van der Waals surface area contributed by atoms with E-state index in [0.717, 1.165) is 35.3 Å². The number of nitrogens with zero attached hydrogens (tertiary/aromatic N) is 1. The van der Waals surface area contributed by atoms with Crippen LogP contribution in [0.25, 0.3) is 0 Å². The van der Waals surface area contributed by atoms with E-state index in [1.54, 1.807) is 0 Å². The summed E-state index contributed by atoms with van der Waals surface area (Å²) in [6.07, 6.45) is 3.09. The van der Waals surface area contributed by atoms with Gasteiger partial charge in [-0.05, 0) is 43.7 Å². The number of urea groups is 1. The van der Waals surface area contributed by atoms with Gasteiger partial charge in [0.05, 0.1) is 0 Å². The monoisotopic (exact) mass is 329 g/mol. The van der Waals surface area contributed by atoms with Crippen LogP contribution in [0.1, 0.15) is 44.2 Å². The highest BCUT2D eigenvalue weighted by atomic mass is 16.2. The van der Waals surface area contributed by atoms with E-state index in [1.165, 1.54) is 0 Å². The van der Waals surface area contributed by atoms with Gasteiger partial charge in [-0.15, -0.1) is 0 Å². The van der Waals surface area contributed by atoms with Crippen LogP contribution < -0.4 is 10.6 Å². The summed E-state index contributed by atoms with van der Waals surface area (Å²) in [4.78, 5) is 38.5. The Morgan fingerprint density at radius 2 is 2.12 bits per heavy atom. The van der Waals surface area contributed by atoms with Crippen molar-refractivity contribution in [2.75, 3.05) is 6.54 Å². The molecule has 1 aromatic carbocycles. The van der Waals surface area contributed by atoms with Gasteiger partial charge in [-0.2, -0.15) is 0 Å². The van der Waals surface area contributed by atoms with Gasteiger partial charge in [-0.3, -0.25) is 14.5 Å². The lowest BCUT2D eigenvalue weighted by Crippen LogP contribution is -2.47. The highest BCUT2D eigenvalue weighted by molar-refractivity contribution is 6.09. The highest BCUT2D eigenvalue weighted by Crippen LogP contribution is 2.39. The van der Waals surface area contributed by atoms with Crippen molar-refractivity contribution in [2.45, 2.75) is 51.1 Å². The molecule has 1 spiro atoms. The first-order valence-corrected chi connectivity index (χ1v) is 8.50. The fraction of sp³-hybridized carbons (Fsp3) is 0.500. The van der Waals surface area contributed by atoms with Gasteiger partial charge in [0.1, 0.15) is 12.1 Å². The molecule has 1 fully saturated rings. The Labute approximate surface area is 141 Å². The average Bonchev–Trinajstić information content (AvgIpc) is 2.80. The molecule has 0 radical (unpaired) electrons.